The van der Waals surface area contributed by atoms with Crippen molar-refractivity contribution in [3.63, 3.8) is 0 Å². The number of fused-ring (bicyclic) bond motifs is 1. The third kappa shape index (κ3) is 3.93. The van der Waals surface area contributed by atoms with Crippen LogP contribution in [0.25, 0.3) is 10.2 Å². The van der Waals surface area contributed by atoms with Gasteiger partial charge in [-0.25, -0.2) is 14.6 Å². The van der Waals surface area contributed by atoms with Crippen molar-refractivity contribution in [3.05, 3.63) is 61.5 Å². The number of aromatic amines is 1. The Balaban J connectivity index is 1.90. The van der Waals surface area contributed by atoms with E-state index in [2.05, 4.69) is 9.97 Å². The minimum absolute atomic E-state index is 0.191. The Kier molecular flexibility index (Phi) is 5.81. The maximum atomic E-state index is 12.5. The average Bonchev–Trinajstić information content (AvgIpc) is 2.99. The SMILES string of the molecule is CCOC(=O)c1sc2nc([C@@H](C)OC(=O)c3ccc(Cl)cc3)[nH]c(=O)c2c1C. The van der Waals surface area contributed by atoms with Gasteiger partial charge in [-0.05, 0) is 50.6 Å². The quantitative estimate of drug-likeness (QED) is 0.625. The van der Waals surface area contributed by atoms with Crippen molar-refractivity contribution in [1.29, 1.82) is 0 Å². The number of carbonyl (C=O) groups excluding carboxylic acids is 2. The molecule has 28 heavy (non-hydrogen) atoms. The fraction of sp³-hybridized carbons (Fsp3) is 0.263. The van der Waals surface area contributed by atoms with Gasteiger partial charge in [0.2, 0.25) is 0 Å². The maximum Gasteiger partial charge on any atom is 0.348 e. The molecule has 1 atom stereocenters. The minimum atomic E-state index is -0.797. The second-order valence-corrected chi connectivity index (χ2v) is 7.40. The second-order valence-electron chi connectivity index (χ2n) is 5.96. The van der Waals surface area contributed by atoms with Crippen LogP contribution in [0.4, 0.5) is 0 Å². The first kappa shape index (κ1) is 20.0. The van der Waals surface area contributed by atoms with E-state index in [4.69, 9.17) is 21.1 Å². The summed E-state index contributed by atoms with van der Waals surface area (Å²) in [5.41, 5.74) is 0.444. The fourth-order valence-electron chi connectivity index (χ4n) is 2.61. The summed E-state index contributed by atoms with van der Waals surface area (Å²) in [6, 6.07) is 6.26. The van der Waals surface area contributed by atoms with Crippen LogP contribution in [0.15, 0.2) is 29.1 Å². The third-order valence-electron chi connectivity index (χ3n) is 4.03. The first-order chi connectivity index (χ1) is 13.3. The van der Waals surface area contributed by atoms with E-state index in [9.17, 15) is 14.4 Å². The van der Waals surface area contributed by atoms with Crippen molar-refractivity contribution in [1.82, 2.24) is 9.97 Å². The van der Waals surface area contributed by atoms with Gasteiger partial charge in [0.15, 0.2) is 11.9 Å². The first-order valence-electron chi connectivity index (χ1n) is 8.48. The number of aromatic nitrogens is 2. The molecule has 0 spiro atoms. The average molecular weight is 421 g/mol. The zero-order chi connectivity index (χ0) is 20.4. The van der Waals surface area contributed by atoms with Gasteiger partial charge in [-0.2, -0.15) is 0 Å². The van der Waals surface area contributed by atoms with Crippen molar-refractivity contribution in [2.45, 2.75) is 26.9 Å². The number of carbonyl (C=O) groups is 2. The Hall–Kier alpha value is -2.71. The molecule has 0 radical (unpaired) electrons. The van der Waals surface area contributed by atoms with Gasteiger partial charge in [-0.15, -0.1) is 11.3 Å². The van der Waals surface area contributed by atoms with Crippen LogP contribution in [-0.2, 0) is 9.47 Å². The van der Waals surface area contributed by atoms with E-state index in [1.807, 2.05) is 0 Å². The van der Waals surface area contributed by atoms with Crippen molar-refractivity contribution < 1.29 is 19.1 Å². The highest BCUT2D eigenvalue weighted by atomic mass is 35.5. The first-order valence-corrected chi connectivity index (χ1v) is 9.68. The molecule has 0 aliphatic rings. The number of ether oxygens (including phenoxy) is 2. The molecule has 0 fully saturated rings. The van der Waals surface area contributed by atoms with Gasteiger partial charge < -0.3 is 14.5 Å². The van der Waals surface area contributed by atoms with Gasteiger partial charge >= 0.3 is 11.9 Å². The Morgan fingerprint density at radius 3 is 2.57 bits per heavy atom. The highest BCUT2D eigenvalue weighted by Crippen LogP contribution is 2.28. The lowest BCUT2D eigenvalue weighted by atomic mass is 10.2. The summed E-state index contributed by atoms with van der Waals surface area (Å²) in [5.74, 6) is -0.871. The van der Waals surface area contributed by atoms with E-state index < -0.39 is 23.6 Å². The number of esters is 2. The van der Waals surface area contributed by atoms with E-state index in [1.54, 1.807) is 45.0 Å². The predicted octanol–water partition coefficient (Wildman–Crippen LogP) is 4.04. The standard InChI is InChI=1S/C19H17ClN2O5S/c1-4-26-19(25)14-9(2)13-16(23)21-15(22-17(13)28-14)10(3)27-18(24)11-5-7-12(20)8-6-11/h5-8,10H,4H2,1-3H3,(H,21,22,23)/t10-/m1/s1. The topological polar surface area (TPSA) is 98.3 Å². The number of hydrogen-bond donors (Lipinski definition) is 1. The monoisotopic (exact) mass is 420 g/mol. The second kappa shape index (κ2) is 8.12. The van der Waals surface area contributed by atoms with Gasteiger partial charge in [0.25, 0.3) is 5.56 Å². The van der Waals surface area contributed by atoms with Crippen molar-refractivity contribution in [2.24, 2.45) is 0 Å². The van der Waals surface area contributed by atoms with Crippen molar-refractivity contribution in [2.75, 3.05) is 6.61 Å². The summed E-state index contributed by atoms with van der Waals surface area (Å²) < 4.78 is 10.4. The molecule has 146 valence electrons. The minimum Gasteiger partial charge on any atom is -0.462 e. The molecule has 0 saturated heterocycles. The highest BCUT2D eigenvalue weighted by Gasteiger charge is 2.22. The number of nitrogens with one attached hydrogen (secondary N) is 1. The van der Waals surface area contributed by atoms with E-state index in [0.29, 0.717) is 31.2 Å². The summed E-state index contributed by atoms with van der Waals surface area (Å²) in [7, 11) is 0. The number of halogens is 1. The molecule has 0 unspecified atom stereocenters. The molecule has 1 aromatic carbocycles. The molecule has 0 aliphatic heterocycles. The number of hydrogen-bond acceptors (Lipinski definition) is 7. The number of H-pyrrole nitrogens is 1. The molecule has 1 N–H and O–H groups in total. The molecule has 2 aromatic heterocycles. The predicted molar refractivity (Wildman–Crippen MR) is 106 cm³/mol. The third-order valence-corrected chi connectivity index (χ3v) is 5.45. The largest absolute Gasteiger partial charge is 0.462 e. The Bertz CT molecular complexity index is 1100. The molecule has 2 heterocycles. The van der Waals surface area contributed by atoms with Gasteiger partial charge in [0.1, 0.15) is 9.71 Å². The molecule has 7 nitrogen and oxygen atoms in total. The summed E-state index contributed by atoms with van der Waals surface area (Å²) >= 11 is 6.89. The molecule has 3 rings (SSSR count). The lowest BCUT2D eigenvalue weighted by molar-refractivity contribution is 0.0319. The van der Waals surface area contributed by atoms with Crippen molar-refractivity contribution in [3.8, 4) is 0 Å². The van der Waals surface area contributed by atoms with E-state index in [-0.39, 0.29) is 12.4 Å². The summed E-state index contributed by atoms with van der Waals surface area (Å²) in [6.45, 7) is 5.22. The molecule has 9 heteroatoms. The van der Waals surface area contributed by atoms with Gasteiger partial charge in [-0.1, -0.05) is 11.6 Å². The van der Waals surface area contributed by atoms with Crippen LogP contribution in [0, 0.1) is 6.92 Å². The Morgan fingerprint density at radius 1 is 1.25 bits per heavy atom. The molecule has 0 aliphatic carbocycles. The number of rotatable bonds is 5. The van der Waals surface area contributed by atoms with Crippen LogP contribution < -0.4 is 5.56 Å². The van der Waals surface area contributed by atoms with E-state index in [0.717, 1.165) is 11.3 Å². The zero-order valence-corrected chi connectivity index (χ0v) is 16.9. The lowest BCUT2D eigenvalue weighted by Crippen LogP contribution is -2.17. The number of thiophene rings is 1. The fourth-order valence-corrected chi connectivity index (χ4v) is 3.82. The number of aryl methyl sites for hydroxylation is 1. The summed E-state index contributed by atoms with van der Waals surface area (Å²) in [5, 5.41) is 0.833. The van der Waals surface area contributed by atoms with Crippen molar-refractivity contribution >= 4 is 45.1 Å². The Morgan fingerprint density at radius 2 is 1.93 bits per heavy atom. The molecular weight excluding hydrogens is 404 g/mol. The van der Waals surface area contributed by atoms with E-state index >= 15 is 0 Å². The highest BCUT2D eigenvalue weighted by molar-refractivity contribution is 7.20. The smallest absolute Gasteiger partial charge is 0.348 e. The molecule has 0 saturated carbocycles. The molecule has 0 bridgehead atoms. The van der Waals surface area contributed by atoms with Crippen LogP contribution in [0.2, 0.25) is 5.02 Å². The number of nitrogens with zero attached hydrogens (tertiary/aromatic N) is 1. The van der Waals surface area contributed by atoms with Gasteiger partial charge in [0.05, 0.1) is 17.6 Å². The number of benzene rings is 1. The normalized spacial score (nSPS) is 12.0. The molecule has 0 amide bonds. The zero-order valence-electron chi connectivity index (χ0n) is 15.4. The van der Waals surface area contributed by atoms with Gasteiger partial charge in [-0.3, -0.25) is 4.79 Å². The summed E-state index contributed by atoms with van der Waals surface area (Å²) in [6.07, 6.45) is -0.797. The summed E-state index contributed by atoms with van der Waals surface area (Å²) in [4.78, 5) is 44.6. The van der Waals surface area contributed by atoms with Crippen LogP contribution >= 0.6 is 22.9 Å². The maximum absolute atomic E-state index is 12.5. The molecule has 3 aromatic rings. The van der Waals surface area contributed by atoms with Crippen LogP contribution in [0.3, 0.4) is 0 Å². The Labute approximate surface area is 169 Å². The van der Waals surface area contributed by atoms with Crippen LogP contribution in [0.1, 0.15) is 51.4 Å². The lowest BCUT2D eigenvalue weighted by Gasteiger charge is -2.12. The van der Waals surface area contributed by atoms with Crippen LogP contribution in [0.5, 0.6) is 0 Å². The molecular formula is C19H17ClN2O5S. The van der Waals surface area contributed by atoms with Crippen LogP contribution in [-0.4, -0.2) is 28.5 Å². The van der Waals surface area contributed by atoms with E-state index in [1.165, 1.54) is 0 Å². The van der Waals surface area contributed by atoms with Gasteiger partial charge in [0, 0.05) is 5.02 Å².